The number of carbonyl (C=O) groups excluding carboxylic acids is 1. The molecule has 0 aliphatic rings. The molecule has 0 bridgehead atoms. The molecule has 0 unspecified atom stereocenters. The molecule has 1 N–H and O–H groups in total. The van der Waals surface area contributed by atoms with E-state index in [1.54, 1.807) is 6.92 Å². The minimum absolute atomic E-state index is 0.133. The van der Waals surface area contributed by atoms with Crippen molar-refractivity contribution in [1.82, 2.24) is 0 Å². The third kappa shape index (κ3) is 2.95. The van der Waals surface area contributed by atoms with Crippen molar-refractivity contribution in [3.63, 3.8) is 0 Å². The number of esters is 1. The van der Waals surface area contributed by atoms with Crippen LogP contribution in [0.15, 0.2) is 12.1 Å². The Hall–Kier alpha value is -2.09. The number of benzene rings is 1. The number of phenols is 1. The lowest BCUT2D eigenvalue weighted by Gasteiger charge is -1.98. The molecule has 5 heteroatoms. The van der Waals surface area contributed by atoms with E-state index in [-0.39, 0.29) is 6.61 Å². The standard InChI is InChI=1S/C11H8F2O3/c1-2-16-11(15)4-3-8-9(12)5-7(14)6-10(8)13/h5-6,14H,2H2,1H3. The monoisotopic (exact) mass is 226 g/mol. The lowest BCUT2D eigenvalue weighted by Crippen LogP contribution is -2.00. The van der Waals surface area contributed by atoms with E-state index in [1.165, 1.54) is 0 Å². The third-order valence-corrected chi connectivity index (χ3v) is 1.59. The van der Waals surface area contributed by atoms with Crippen molar-refractivity contribution in [2.24, 2.45) is 0 Å². The van der Waals surface area contributed by atoms with Crippen molar-refractivity contribution in [1.29, 1.82) is 0 Å². The molecule has 84 valence electrons. The first-order chi connectivity index (χ1) is 7.54. The Bertz CT molecular complexity index is 449. The molecule has 0 spiro atoms. The summed E-state index contributed by atoms with van der Waals surface area (Å²) in [5.41, 5.74) is -0.578. The fourth-order valence-electron chi connectivity index (χ4n) is 0.960. The molecule has 16 heavy (non-hydrogen) atoms. The van der Waals surface area contributed by atoms with Gasteiger partial charge in [-0.3, -0.25) is 0 Å². The highest BCUT2D eigenvalue weighted by Gasteiger charge is 2.08. The summed E-state index contributed by atoms with van der Waals surface area (Å²) in [7, 11) is 0. The zero-order valence-corrected chi connectivity index (χ0v) is 8.38. The van der Waals surface area contributed by atoms with Crippen LogP contribution in [0, 0.1) is 23.5 Å². The molecule has 0 fully saturated rings. The Morgan fingerprint density at radius 2 is 2.00 bits per heavy atom. The van der Waals surface area contributed by atoms with Gasteiger partial charge >= 0.3 is 5.97 Å². The van der Waals surface area contributed by atoms with E-state index in [4.69, 9.17) is 5.11 Å². The summed E-state index contributed by atoms with van der Waals surface area (Å²) in [6, 6.07) is 1.41. The molecule has 0 radical (unpaired) electrons. The van der Waals surface area contributed by atoms with Crippen LogP contribution < -0.4 is 0 Å². The predicted molar refractivity (Wildman–Crippen MR) is 51.5 cm³/mol. The van der Waals surface area contributed by atoms with Crippen molar-refractivity contribution in [2.75, 3.05) is 6.61 Å². The first-order valence-corrected chi connectivity index (χ1v) is 4.41. The molecule has 0 aromatic heterocycles. The molecule has 1 aromatic carbocycles. The zero-order chi connectivity index (χ0) is 12.1. The van der Waals surface area contributed by atoms with Gasteiger partial charge in [-0.15, -0.1) is 0 Å². The quantitative estimate of drug-likeness (QED) is 0.584. The van der Waals surface area contributed by atoms with Crippen LogP contribution >= 0.6 is 0 Å². The van der Waals surface area contributed by atoms with Crippen LogP contribution in [0.5, 0.6) is 5.75 Å². The maximum atomic E-state index is 13.1. The van der Waals surface area contributed by atoms with Crippen LogP contribution in [-0.4, -0.2) is 17.7 Å². The van der Waals surface area contributed by atoms with Crippen molar-refractivity contribution >= 4 is 5.97 Å². The lowest BCUT2D eigenvalue weighted by molar-refractivity contribution is -0.136. The second-order valence-corrected chi connectivity index (χ2v) is 2.75. The minimum atomic E-state index is -1.03. The van der Waals surface area contributed by atoms with Gasteiger partial charge in [-0.25, -0.2) is 13.6 Å². The molecule has 0 heterocycles. The largest absolute Gasteiger partial charge is 0.508 e. The fourth-order valence-corrected chi connectivity index (χ4v) is 0.960. The minimum Gasteiger partial charge on any atom is -0.508 e. The molecule has 0 aliphatic carbocycles. The van der Waals surface area contributed by atoms with Gasteiger partial charge < -0.3 is 9.84 Å². The molecule has 3 nitrogen and oxygen atoms in total. The van der Waals surface area contributed by atoms with Crippen LogP contribution in [0.1, 0.15) is 12.5 Å². The molecule has 1 aromatic rings. The number of aromatic hydroxyl groups is 1. The average Bonchev–Trinajstić information content (AvgIpc) is 2.16. The van der Waals surface area contributed by atoms with Crippen LogP contribution in [0.4, 0.5) is 8.78 Å². The molecule has 0 atom stereocenters. The van der Waals surface area contributed by atoms with Crippen LogP contribution in [-0.2, 0) is 9.53 Å². The van der Waals surface area contributed by atoms with Gasteiger partial charge in [0.25, 0.3) is 0 Å². The summed E-state index contributed by atoms with van der Waals surface area (Å²) in [5, 5.41) is 8.86. The molecule has 0 saturated heterocycles. The highest BCUT2D eigenvalue weighted by molar-refractivity contribution is 5.89. The smallest absolute Gasteiger partial charge is 0.384 e. The van der Waals surface area contributed by atoms with E-state index in [0.717, 1.165) is 0 Å². The summed E-state index contributed by atoms with van der Waals surface area (Å²) in [4.78, 5) is 10.8. The summed E-state index contributed by atoms with van der Waals surface area (Å²) in [6.45, 7) is 1.72. The fraction of sp³-hybridized carbons (Fsp3) is 0.182. The Morgan fingerprint density at radius 1 is 1.44 bits per heavy atom. The maximum Gasteiger partial charge on any atom is 0.384 e. The van der Waals surface area contributed by atoms with Crippen molar-refractivity contribution in [3.05, 3.63) is 29.3 Å². The summed E-state index contributed by atoms with van der Waals surface area (Å²) < 4.78 is 30.6. The highest BCUT2D eigenvalue weighted by atomic mass is 19.1. The van der Waals surface area contributed by atoms with Gasteiger partial charge in [0.1, 0.15) is 17.4 Å². The van der Waals surface area contributed by atoms with Crippen molar-refractivity contribution in [2.45, 2.75) is 6.92 Å². The second kappa shape index (κ2) is 5.12. The van der Waals surface area contributed by atoms with Crippen LogP contribution in [0.25, 0.3) is 0 Å². The van der Waals surface area contributed by atoms with Gasteiger partial charge in [0.2, 0.25) is 0 Å². The van der Waals surface area contributed by atoms with Gasteiger partial charge in [0, 0.05) is 18.1 Å². The van der Waals surface area contributed by atoms with Gasteiger partial charge in [-0.2, -0.15) is 0 Å². The molecule has 1 rings (SSSR count). The maximum absolute atomic E-state index is 13.1. The number of carbonyl (C=O) groups is 1. The van der Waals surface area contributed by atoms with Crippen LogP contribution in [0.3, 0.4) is 0 Å². The zero-order valence-electron chi connectivity index (χ0n) is 8.38. The van der Waals surface area contributed by atoms with E-state index >= 15 is 0 Å². The van der Waals surface area contributed by atoms with Crippen LogP contribution in [0.2, 0.25) is 0 Å². The first kappa shape index (κ1) is 12.0. The van der Waals surface area contributed by atoms with E-state index in [0.29, 0.717) is 12.1 Å². The third-order valence-electron chi connectivity index (χ3n) is 1.59. The SMILES string of the molecule is CCOC(=O)C#Cc1c(F)cc(O)cc1F. The van der Waals surface area contributed by atoms with Gasteiger partial charge in [-0.1, -0.05) is 0 Å². The van der Waals surface area contributed by atoms with Crippen molar-refractivity contribution in [3.8, 4) is 17.6 Å². The molecular weight excluding hydrogens is 218 g/mol. The van der Waals surface area contributed by atoms with Gasteiger partial charge in [0.15, 0.2) is 0 Å². The molecule has 0 aliphatic heterocycles. The number of halogens is 2. The number of phenolic OH excluding ortho intramolecular Hbond substituents is 1. The Balaban J connectivity index is 3.01. The predicted octanol–water partition coefficient (Wildman–Crippen LogP) is 1.58. The summed E-state index contributed by atoms with van der Waals surface area (Å²) in [6.07, 6.45) is 0. The second-order valence-electron chi connectivity index (χ2n) is 2.75. The Morgan fingerprint density at radius 3 is 2.50 bits per heavy atom. The van der Waals surface area contributed by atoms with Gasteiger partial charge in [0.05, 0.1) is 12.2 Å². The summed E-state index contributed by atoms with van der Waals surface area (Å²) in [5.74, 6) is 0.458. The Kier molecular flexibility index (Phi) is 3.84. The van der Waals surface area contributed by atoms with E-state index < -0.39 is 28.9 Å². The van der Waals surface area contributed by atoms with Gasteiger partial charge in [-0.05, 0) is 12.8 Å². The molecular formula is C11H8F2O3. The first-order valence-electron chi connectivity index (χ1n) is 4.41. The lowest BCUT2D eigenvalue weighted by atomic mass is 10.2. The normalized spacial score (nSPS) is 9.19. The number of ether oxygens (including phenoxy) is 1. The van der Waals surface area contributed by atoms with Crippen molar-refractivity contribution < 1.29 is 23.4 Å². The van der Waals surface area contributed by atoms with E-state index in [9.17, 15) is 13.6 Å². The van der Waals surface area contributed by atoms with E-state index in [2.05, 4.69) is 4.74 Å². The molecule has 0 amide bonds. The topological polar surface area (TPSA) is 46.5 Å². The highest BCUT2D eigenvalue weighted by Crippen LogP contribution is 2.18. The number of rotatable bonds is 1. The van der Waals surface area contributed by atoms with E-state index in [1.807, 2.05) is 11.8 Å². The average molecular weight is 226 g/mol. The number of hydrogen-bond donors (Lipinski definition) is 1. The number of hydrogen-bond acceptors (Lipinski definition) is 3. The Labute approximate surface area is 90.7 Å². The summed E-state index contributed by atoms with van der Waals surface area (Å²) >= 11 is 0. The molecule has 0 saturated carbocycles.